The van der Waals surface area contributed by atoms with Crippen LogP contribution in [0.15, 0.2) is 48.5 Å². The van der Waals surface area contributed by atoms with E-state index >= 15 is 0 Å². The molecule has 1 aliphatic rings. The number of aliphatic hydroxyl groups excluding tert-OH is 1. The maximum Gasteiger partial charge on any atom is 0.119 e. The van der Waals surface area contributed by atoms with E-state index in [2.05, 4.69) is 41.0 Å². The molecule has 0 radical (unpaired) electrons. The Kier molecular flexibility index (Phi) is 6.36. The Morgan fingerprint density at radius 3 is 2.27 bits per heavy atom. The molecule has 2 aromatic rings. The van der Waals surface area contributed by atoms with Crippen molar-refractivity contribution in [2.24, 2.45) is 0 Å². The van der Waals surface area contributed by atoms with Gasteiger partial charge in [0.05, 0.1) is 7.11 Å². The molecule has 140 valence electrons. The van der Waals surface area contributed by atoms with E-state index in [1.807, 2.05) is 24.3 Å². The van der Waals surface area contributed by atoms with E-state index in [0.29, 0.717) is 13.2 Å². The van der Waals surface area contributed by atoms with E-state index in [4.69, 9.17) is 9.47 Å². The second-order valence-electron chi connectivity index (χ2n) is 6.71. The predicted octanol–water partition coefficient (Wildman–Crippen LogP) is 2.57. The average molecular weight is 356 g/mol. The highest BCUT2D eigenvalue weighted by molar-refractivity contribution is 5.53. The topological polar surface area (TPSA) is 45.2 Å². The van der Waals surface area contributed by atoms with Crippen molar-refractivity contribution >= 4 is 5.69 Å². The fraction of sp³-hybridized carbons (Fsp3) is 0.429. The van der Waals surface area contributed by atoms with E-state index < -0.39 is 6.10 Å². The first-order chi connectivity index (χ1) is 12.7. The average Bonchev–Trinajstić information content (AvgIpc) is 2.68. The van der Waals surface area contributed by atoms with Crippen LogP contribution in [0.1, 0.15) is 5.56 Å². The number of anilines is 1. The van der Waals surface area contributed by atoms with Crippen LogP contribution >= 0.6 is 0 Å². The Bertz CT molecular complexity index is 682. The van der Waals surface area contributed by atoms with E-state index in [1.165, 1.54) is 11.3 Å². The molecule has 0 spiro atoms. The molecule has 26 heavy (non-hydrogen) atoms. The van der Waals surface area contributed by atoms with Gasteiger partial charge in [0, 0.05) is 38.4 Å². The molecule has 0 unspecified atom stereocenters. The van der Waals surface area contributed by atoms with Gasteiger partial charge in [-0.05, 0) is 42.8 Å². The molecule has 5 heteroatoms. The van der Waals surface area contributed by atoms with E-state index in [0.717, 1.165) is 37.7 Å². The minimum atomic E-state index is -0.498. The number of β-amino-alcohol motifs (C(OH)–C–C–N with tert-alkyl or cyclic N) is 1. The van der Waals surface area contributed by atoms with Crippen molar-refractivity contribution in [3.63, 3.8) is 0 Å². The smallest absolute Gasteiger partial charge is 0.119 e. The third kappa shape index (κ3) is 4.90. The van der Waals surface area contributed by atoms with Crippen molar-refractivity contribution in [1.29, 1.82) is 0 Å². The molecule has 2 aromatic carbocycles. The highest BCUT2D eigenvalue weighted by atomic mass is 16.5. The predicted molar refractivity (Wildman–Crippen MR) is 104 cm³/mol. The zero-order chi connectivity index (χ0) is 18.4. The van der Waals surface area contributed by atoms with Crippen LogP contribution in [0.25, 0.3) is 0 Å². The van der Waals surface area contributed by atoms with Crippen molar-refractivity contribution in [3.05, 3.63) is 54.1 Å². The summed E-state index contributed by atoms with van der Waals surface area (Å²) in [6.45, 7) is 6.96. The first-order valence-corrected chi connectivity index (χ1v) is 9.13. The fourth-order valence-corrected chi connectivity index (χ4v) is 3.30. The first-order valence-electron chi connectivity index (χ1n) is 9.13. The Balaban J connectivity index is 1.41. The lowest BCUT2D eigenvalue weighted by molar-refractivity contribution is 0.0663. The molecule has 0 saturated carbocycles. The summed E-state index contributed by atoms with van der Waals surface area (Å²) in [5.41, 5.74) is 2.63. The highest BCUT2D eigenvalue weighted by Gasteiger charge is 2.20. The minimum Gasteiger partial charge on any atom is -0.497 e. The zero-order valence-corrected chi connectivity index (χ0v) is 15.6. The third-order valence-corrected chi connectivity index (χ3v) is 4.80. The van der Waals surface area contributed by atoms with Crippen molar-refractivity contribution in [2.45, 2.75) is 13.0 Å². The molecule has 3 rings (SSSR count). The molecular formula is C21H28N2O3. The van der Waals surface area contributed by atoms with E-state index in [1.54, 1.807) is 7.11 Å². The van der Waals surface area contributed by atoms with Gasteiger partial charge in [0.15, 0.2) is 0 Å². The van der Waals surface area contributed by atoms with Gasteiger partial charge >= 0.3 is 0 Å². The number of nitrogens with zero attached hydrogens (tertiary/aromatic N) is 2. The highest BCUT2D eigenvalue weighted by Crippen LogP contribution is 2.21. The quantitative estimate of drug-likeness (QED) is 0.826. The van der Waals surface area contributed by atoms with Gasteiger partial charge in [-0.2, -0.15) is 0 Å². The van der Waals surface area contributed by atoms with Crippen LogP contribution in [0.2, 0.25) is 0 Å². The molecule has 1 aliphatic heterocycles. The van der Waals surface area contributed by atoms with Gasteiger partial charge in [0.25, 0.3) is 0 Å². The minimum absolute atomic E-state index is 0.296. The molecule has 1 N–H and O–H groups in total. The summed E-state index contributed by atoms with van der Waals surface area (Å²) in [5, 5.41) is 10.3. The second kappa shape index (κ2) is 8.92. The molecule has 5 nitrogen and oxygen atoms in total. The lowest BCUT2D eigenvalue weighted by atomic mass is 10.1. The number of piperazine rings is 1. The van der Waals surface area contributed by atoms with Gasteiger partial charge in [-0.15, -0.1) is 0 Å². The van der Waals surface area contributed by atoms with Crippen LogP contribution in [-0.4, -0.2) is 62.6 Å². The standard InChI is InChI=1S/C21H28N2O3/c1-17-5-3-4-6-21(17)23-13-11-22(12-14-23)15-18(24)16-26-20-9-7-19(25-2)8-10-20/h3-10,18,24H,11-16H2,1-2H3/t18-/m1/s1. The maximum atomic E-state index is 10.3. The third-order valence-electron chi connectivity index (χ3n) is 4.80. The van der Waals surface area contributed by atoms with Gasteiger partial charge in [-0.3, -0.25) is 4.90 Å². The molecule has 0 bridgehead atoms. The van der Waals surface area contributed by atoms with Crippen LogP contribution in [0.3, 0.4) is 0 Å². The zero-order valence-electron chi connectivity index (χ0n) is 15.6. The summed E-state index contributed by atoms with van der Waals surface area (Å²) in [5.74, 6) is 1.54. The number of benzene rings is 2. The summed E-state index contributed by atoms with van der Waals surface area (Å²) in [4.78, 5) is 4.73. The number of aliphatic hydroxyl groups is 1. The Labute approximate surface area is 155 Å². The van der Waals surface area contributed by atoms with E-state index in [9.17, 15) is 5.11 Å². The molecule has 0 aliphatic carbocycles. The number of methoxy groups -OCH3 is 1. The van der Waals surface area contributed by atoms with Gasteiger partial charge in [0.2, 0.25) is 0 Å². The van der Waals surface area contributed by atoms with Crippen molar-refractivity contribution < 1.29 is 14.6 Å². The number of ether oxygens (including phenoxy) is 2. The molecule has 0 amide bonds. The SMILES string of the molecule is COc1ccc(OC[C@H](O)CN2CCN(c3ccccc3C)CC2)cc1. The Hall–Kier alpha value is -2.24. The van der Waals surface area contributed by atoms with Gasteiger partial charge in [-0.25, -0.2) is 0 Å². The molecule has 0 aromatic heterocycles. The largest absolute Gasteiger partial charge is 0.497 e. The van der Waals surface area contributed by atoms with Gasteiger partial charge in [0.1, 0.15) is 24.2 Å². The summed E-state index contributed by atoms with van der Waals surface area (Å²) < 4.78 is 10.8. The maximum absolute atomic E-state index is 10.3. The Morgan fingerprint density at radius 2 is 1.62 bits per heavy atom. The molecule has 1 saturated heterocycles. The van der Waals surface area contributed by atoms with Crippen LogP contribution in [0.4, 0.5) is 5.69 Å². The lowest BCUT2D eigenvalue weighted by Gasteiger charge is -2.37. The number of hydrogen-bond acceptors (Lipinski definition) is 5. The Morgan fingerprint density at radius 1 is 0.962 bits per heavy atom. The van der Waals surface area contributed by atoms with Gasteiger partial charge < -0.3 is 19.5 Å². The van der Waals surface area contributed by atoms with Crippen molar-refractivity contribution in [3.8, 4) is 11.5 Å². The molecule has 1 heterocycles. The van der Waals surface area contributed by atoms with Gasteiger partial charge in [-0.1, -0.05) is 18.2 Å². The van der Waals surface area contributed by atoms with Crippen LogP contribution in [0.5, 0.6) is 11.5 Å². The summed E-state index contributed by atoms with van der Waals surface area (Å²) in [7, 11) is 1.64. The fourth-order valence-electron chi connectivity index (χ4n) is 3.30. The number of para-hydroxylation sites is 1. The number of hydrogen-bond donors (Lipinski definition) is 1. The van der Waals surface area contributed by atoms with Crippen LogP contribution in [-0.2, 0) is 0 Å². The molecule has 1 atom stereocenters. The monoisotopic (exact) mass is 356 g/mol. The summed E-state index contributed by atoms with van der Waals surface area (Å²) >= 11 is 0. The molecular weight excluding hydrogens is 328 g/mol. The normalized spacial score (nSPS) is 16.3. The lowest BCUT2D eigenvalue weighted by Crippen LogP contribution is -2.49. The second-order valence-corrected chi connectivity index (χ2v) is 6.71. The summed E-state index contributed by atoms with van der Waals surface area (Å²) in [6, 6.07) is 15.9. The summed E-state index contributed by atoms with van der Waals surface area (Å²) in [6.07, 6.45) is -0.498. The number of aryl methyl sites for hydroxylation is 1. The van der Waals surface area contributed by atoms with Crippen molar-refractivity contribution in [1.82, 2.24) is 4.90 Å². The first kappa shape index (κ1) is 18.5. The van der Waals surface area contributed by atoms with Crippen LogP contribution in [0, 0.1) is 6.92 Å². The molecule has 1 fully saturated rings. The van der Waals surface area contributed by atoms with E-state index in [-0.39, 0.29) is 0 Å². The van der Waals surface area contributed by atoms with Crippen LogP contribution < -0.4 is 14.4 Å². The number of rotatable bonds is 7. The van der Waals surface area contributed by atoms with Crippen molar-refractivity contribution in [2.75, 3.05) is 51.3 Å².